The Bertz CT molecular complexity index is 367. The second-order valence-corrected chi connectivity index (χ2v) is 3.35. The highest BCUT2D eigenvalue weighted by molar-refractivity contribution is 5.85. The van der Waals surface area contributed by atoms with Gasteiger partial charge in [0.15, 0.2) is 0 Å². The van der Waals surface area contributed by atoms with Crippen LogP contribution in [-0.4, -0.2) is 22.8 Å². The van der Waals surface area contributed by atoms with Gasteiger partial charge >= 0.3 is 5.97 Å². The van der Waals surface area contributed by atoms with Crippen molar-refractivity contribution in [3.8, 4) is 11.5 Å². The van der Waals surface area contributed by atoms with Crippen molar-refractivity contribution >= 4 is 5.97 Å². The number of carboxylic acid groups (broad SMARTS) is 1. The Morgan fingerprint density at radius 3 is 2.50 bits per heavy atom. The molecule has 0 bridgehead atoms. The zero-order valence-corrected chi connectivity index (χ0v) is 8.85. The van der Waals surface area contributed by atoms with E-state index < -0.39 is 5.97 Å². The minimum absolute atomic E-state index is 0.187. The number of phenols is 1. The number of hydrogen-bond acceptors (Lipinski definition) is 3. The molecule has 0 fully saturated rings. The van der Waals surface area contributed by atoms with E-state index in [9.17, 15) is 4.79 Å². The molecule has 0 atom stereocenters. The summed E-state index contributed by atoms with van der Waals surface area (Å²) in [6.07, 6.45) is 1.01. The van der Waals surface area contributed by atoms with Crippen LogP contribution in [0, 0.1) is 0 Å². The Hall–Kier alpha value is -1.97. The third-order valence-electron chi connectivity index (χ3n) is 2.03. The van der Waals surface area contributed by atoms with E-state index in [1.54, 1.807) is 12.1 Å². The van der Waals surface area contributed by atoms with Crippen LogP contribution in [0.3, 0.4) is 0 Å². The van der Waals surface area contributed by atoms with Crippen LogP contribution < -0.4 is 4.74 Å². The fourth-order valence-corrected chi connectivity index (χ4v) is 1.12. The molecule has 2 N–H and O–H groups in total. The largest absolute Gasteiger partial charge is 0.508 e. The molecular formula is C12H14O4. The molecule has 0 unspecified atom stereocenters. The fraction of sp³-hybridized carbons (Fsp3) is 0.250. The lowest BCUT2D eigenvalue weighted by molar-refractivity contribution is -0.132. The van der Waals surface area contributed by atoms with Crippen molar-refractivity contribution in [1.82, 2.24) is 0 Å². The maximum Gasteiger partial charge on any atom is 0.330 e. The molecule has 0 amide bonds. The second-order valence-electron chi connectivity index (χ2n) is 3.35. The van der Waals surface area contributed by atoms with E-state index in [1.807, 2.05) is 0 Å². The first-order valence-electron chi connectivity index (χ1n) is 4.92. The van der Waals surface area contributed by atoms with E-state index in [-0.39, 0.29) is 11.3 Å². The molecule has 0 aliphatic carbocycles. The molecule has 0 heterocycles. The molecule has 0 saturated carbocycles. The molecule has 16 heavy (non-hydrogen) atoms. The van der Waals surface area contributed by atoms with Crippen LogP contribution in [0.1, 0.15) is 12.8 Å². The number of rotatable bonds is 6. The first kappa shape index (κ1) is 12.1. The maximum absolute atomic E-state index is 10.4. The van der Waals surface area contributed by atoms with Crippen molar-refractivity contribution in [2.45, 2.75) is 12.8 Å². The minimum Gasteiger partial charge on any atom is -0.508 e. The summed E-state index contributed by atoms with van der Waals surface area (Å²) in [6.45, 7) is 3.85. The molecule has 0 radical (unpaired) electrons. The molecule has 1 aromatic carbocycles. The van der Waals surface area contributed by atoms with Crippen molar-refractivity contribution in [2.75, 3.05) is 6.61 Å². The highest BCUT2D eigenvalue weighted by Crippen LogP contribution is 2.16. The van der Waals surface area contributed by atoms with E-state index in [0.717, 1.165) is 0 Å². The summed E-state index contributed by atoms with van der Waals surface area (Å²) in [5.41, 5.74) is 0.189. The summed E-state index contributed by atoms with van der Waals surface area (Å²) in [4.78, 5) is 10.4. The van der Waals surface area contributed by atoms with Gasteiger partial charge in [-0.15, -0.1) is 0 Å². The molecular weight excluding hydrogens is 208 g/mol. The van der Waals surface area contributed by atoms with Crippen LogP contribution in [0.2, 0.25) is 0 Å². The number of hydrogen-bond donors (Lipinski definition) is 2. The van der Waals surface area contributed by atoms with Crippen LogP contribution >= 0.6 is 0 Å². The van der Waals surface area contributed by atoms with E-state index in [0.29, 0.717) is 25.2 Å². The molecule has 86 valence electrons. The van der Waals surface area contributed by atoms with Crippen molar-refractivity contribution in [3.05, 3.63) is 36.4 Å². The summed E-state index contributed by atoms with van der Waals surface area (Å²) in [7, 11) is 0. The number of ether oxygens (including phenoxy) is 1. The highest BCUT2D eigenvalue weighted by Gasteiger charge is 2.03. The van der Waals surface area contributed by atoms with Gasteiger partial charge in [-0.1, -0.05) is 6.58 Å². The van der Waals surface area contributed by atoms with Crippen molar-refractivity contribution in [2.24, 2.45) is 0 Å². The molecule has 0 spiro atoms. The Morgan fingerprint density at radius 1 is 1.31 bits per heavy atom. The van der Waals surface area contributed by atoms with Gasteiger partial charge in [-0.25, -0.2) is 4.79 Å². The number of benzene rings is 1. The standard InChI is InChI=1S/C12H14O4/c1-9(12(14)15)3-2-8-16-11-6-4-10(13)5-7-11/h4-7,13H,1-3,8H2,(H,14,15). The quantitative estimate of drug-likeness (QED) is 0.572. The zero-order chi connectivity index (χ0) is 12.0. The van der Waals surface area contributed by atoms with Crippen molar-refractivity contribution in [1.29, 1.82) is 0 Å². The van der Waals surface area contributed by atoms with E-state index in [2.05, 4.69) is 6.58 Å². The van der Waals surface area contributed by atoms with Gasteiger partial charge in [0, 0.05) is 5.57 Å². The van der Waals surface area contributed by atoms with Gasteiger partial charge in [-0.2, -0.15) is 0 Å². The van der Waals surface area contributed by atoms with Crippen molar-refractivity contribution in [3.63, 3.8) is 0 Å². The normalized spacial score (nSPS) is 9.75. The molecule has 0 saturated heterocycles. The summed E-state index contributed by atoms with van der Waals surface area (Å²) >= 11 is 0. The van der Waals surface area contributed by atoms with Gasteiger partial charge in [-0.3, -0.25) is 0 Å². The maximum atomic E-state index is 10.4. The average Bonchev–Trinajstić information content (AvgIpc) is 2.26. The molecule has 0 aliphatic rings. The number of carbonyl (C=O) groups is 1. The Kier molecular flexibility index (Phi) is 4.39. The monoisotopic (exact) mass is 222 g/mol. The SMILES string of the molecule is C=C(CCCOc1ccc(O)cc1)C(=O)O. The lowest BCUT2D eigenvalue weighted by Crippen LogP contribution is -2.02. The third-order valence-corrected chi connectivity index (χ3v) is 2.03. The zero-order valence-electron chi connectivity index (χ0n) is 8.85. The Morgan fingerprint density at radius 2 is 1.94 bits per heavy atom. The summed E-state index contributed by atoms with van der Waals surface area (Å²) < 4.78 is 5.35. The lowest BCUT2D eigenvalue weighted by Gasteiger charge is -2.05. The van der Waals surface area contributed by atoms with E-state index in [1.165, 1.54) is 12.1 Å². The molecule has 0 aliphatic heterocycles. The average molecular weight is 222 g/mol. The van der Waals surface area contributed by atoms with Crippen LogP contribution in [-0.2, 0) is 4.79 Å². The first-order valence-corrected chi connectivity index (χ1v) is 4.92. The van der Waals surface area contributed by atoms with Gasteiger partial charge in [0.1, 0.15) is 11.5 Å². The summed E-state index contributed by atoms with van der Waals surface area (Å²) in [5, 5.41) is 17.6. The number of carboxylic acids is 1. The van der Waals surface area contributed by atoms with Gasteiger partial charge < -0.3 is 14.9 Å². The predicted octanol–water partition coefficient (Wildman–Crippen LogP) is 2.19. The van der Waals surface area contributed by atoms with Crippen LogP contribution in [0.25, 0.3) is 0 Å². The summed E-state index contributed by atoms with van der Waals surface area (Å²) in [6, 6.07) is 6.37. The summed E-state index contributed by atoms with van der Waals surface area (Å²) in [5.74, 6) is -0.130. The highest BCUT2D eigenvalue weighted by atomic mass is 16.5. The fourth-order valence-electron chi connectivity index (χ4n) is 1.12. The Balaban J connectivity index is 2.23. The minimum atomic E-state index is -0.968. The number of aromatic hydroxyl groups is 1. The van der Waals surface area contributed by atoms with Gasteiger partial charge in [0.05, 0.1) is 6.61 Å². The van der Waals surface area contributed by atoms with E-state index >= 15 is 0 Å². The van der Waals surface area contributed by atoms with Gasteiger partial charge in [0.2, 0.25) is 0 Å². The third kappa shape index (κ3) is 4.04. The van der Waals surface area contributed by atoms with Crippen LogP contribution in [0.5, 0.6) is 11.5 Å². The van der Waals surface area contributed by atoms with Crippen LogP contribution in [0.4, 0.5) is 0 Å². The molecule has 4 nitrogen and oxygen atoms in total. The smallest absolute Gasteiger partial charge is 0.330 e. The molecule has 1 rings (SSSR count). The molecule has 1 aromatic rings. The number of aliphatic carboxylic acids is 1. The molecule has 4 heteroatoms. The molecule has 0 aromatic heterocycles. The predicted molar refractivity (Wildman–Crippen MR) is 59.6 cm³/mol. The second kappa shape index (κ2) is 5.80. The Labute approximate surface area is 93.8 Å². The first-order chi connectivity index (χ1) is 7.59. The van der Waals surface area contributed by atoms with Crippen LogP contribution in [0.15, 0.2) is 36.4 Å². The van der Waals surface area contributed by atoms with Gasteiger partial charge in [0.25, 0.3) is 0 Å². The lowest BCUT2D eigenvalue weighted by atomic mass is 10.2. The van der Waals surface area contributed by atoms with E-state index in [4.69, 9.17) is 14.9 Å². The van der Waals surface area contributed by atoms with Crippen molar-refractivity contribution < 1.29 is 19.7 Å². The van der Waals surface area contributed by atoms with Gasteiger partial charge in [-0.05, 0) is 37.1 Å². The number of phenolic OH excluding ortho intramolecular Hbond substituents is 1. The topological polar surface area (TPSA) is 66.8 Å².